The molecule has 0 aliphatic rings. The molecule has 140 valence electrons. The van der Waals surface area contributed by atoms with Gasteiger partial charge in [0.05, 0.1) is 20.3 Å². The van der Waals surface area contributed by atoms with Crippen LogP contribution in [0.5, 0.6) is 11.5 Å². The maximum absolute atomic E-state index is 5.61. The lowest BCUT2D eigenvalue weighted by Gasteiger charge is -2.21. The molecular formula is C23H31NO2. The zero-order chi connectivity index (χ0) is 19.3. The highest BCUT2D eigenvalue weighted by molar-refractivity contribution is 5.94. The molecule has 3 heteroatoms. The Labute approximate surface area is 158 Å². The van der Waals surface area contributed by atoms with Crippen molar-refractivity contribution < 1.29 is 9.47 Å². The average Bonchev–Trinajstić information content (AvgIpc) is 2.62. The number of ether oxygens (including phenoxy) is 2. The van der Waals surface area contributed by atoms with Crippen molar-refractivity contribution in [3.05, 3.63) is 47.5 Å². The zero-order valence-electron chi connectivity index (χ0n) is 17.0. The second-order valence-corrected chi connectivity index (χ2v) is 7.32. The molecule has 0 radical (unpaired) electrons. The predicted molar refractivity (Wildman–Crippen MR) is 111 cm³/mol. The number of rotatable bonds is 7. The molecular weight excluding hydrogens is 322 g/mol. The molecule has 0 aliphatic heterocycles. The van der Waals surface area contributed by atoms with Gasteiger partial charge >= 0.3 is 0 Å². The van der Waals surface area contributed by atoms with Crippen LogP contribution in [0.15, 0.2) is 41.4 Å². The van der Waals surface area contributed by atoms with Crippen LogP contribution in [0.4, 0.5) is 0 Å². The second kappa shape index (κ2) is 8.88. The number of benzene rings is 2. The summed E-state index contributed by atoms with van der Waals surface area (Å²) in [5, 5.41) is 0. The van der Waals surface area contributed by atoms with E-state index in [1.165, 1.54) is 0 Å². The van der Waals surface area contributed by atoms with Crippen LogP contribution in [-0.2, 0) is 0 Å². The molecule has 3 nitrogen and oxygen atoms in total. The molecule has 0 saturated heterocycles. The van der Waals surface area contributed by atoms with E-state index in [2.05, 4.69) is 46.8 Å². The summed E-state index contributed by atoms with van der Waals surface area (Å²) in [6, 6.07) is 12.7. The minimum absolute atomic E-state index is 0.283. The summed E-state index contributed by atoms with van der Waals surface area (Å²) in [5.41, 5.74) is 4.38. The highest BCUT2D eigenvalue weighted by Crippen LogP contribution is 2.39. The van der Waals surface area contributed by atoms with Crippen LogP contribution in [0.2, 0.25) is 0 Å². The van der Waals surface area contributed by atoms with Crippen LogP contribution in [0.25, 0.3) is 11.1 Å². The number of hydrogen-bond donors (Lipinski definition) is 0. The molecule has 0 atom stereocenters. The third-order valence-electron chi connectivity index (χ3n) is 4.78. The second-order valence-electron chi connectivity index (χ2n) is 7.32. The lowest BCUT2D eigenvalue weighted by atomic mass is 9.92. The maximum Gasteiger partial charge on any atom is 0.164 e. The zero-order valence-corrected chi connectivity index (χ0v) is 17.0. The van der Waals surface area contributed by atoms with Crippen molar-refractivity contribution in [2.24, 2.45) is 16.8 Å². The first-order valence-electron chi connectivity index (χ1n) is 9.24. The van der Waals surface area contributed by atoms with Gasteiger partial charge in [0, 0.05) is 17.3 Å². The molecule has 0 aromatic heterocycles. The fraction of sp³-hybridized carbons (Fsp3) is 0.435. The van der Waals surface area contributed by atoms with Crippen LogP contribution in [0.1, 0.15) is 38.8 Å². The van der Waals surface area contributed by atoms with Gasteiger partial charge in [-0.05, 0) is 36.0 Å². The molecule has 0 fully saturated rings. The summed E-state index contributed by atoms with van der Waals surface area (Å²) in [6.07, 6.45) is 2.02. The van der Waals surface area contributed by atoms with Crippen molar-refractivity contribution in [1.29, 1.82) is 0 Å². The van der Waals surface area contributed by atoms with Crippen LogP contribution in [0, 0.1) is 18.8 Å². The van der Waals surface area contributed by atoms with Crippen LogP contribution in [-0.4, -0.2) is 26.5 Å². The number of hydrogen-bond acceptors (Lipinski definition) is 3. The molecule has 0 spiro atoms. The van der Waals surface area contributed by atoms with Crippen LogP contribution >= 0.6 is 0 Å². The Kier molecular flexibility index (Phi) is 6.84. The van der Waals surface area contributed by atoms with Crippen molar-refractivity contribution in [3.8, 4) is 22.6 Å². The molecule has 0 N–H and O–H groups in total. The number of nitrogens with zero attached hydrogens (tertiary/aromatic N) is 1. The van der Waals surface area contributed by atoms with E-state index in [0.717, 1.165) is 33.8 Å². The standard InChI is InChI=1S/C23H31NO2/c1-15(2)22(16(3)4)24-14-20-17(5)23(26-7)21(25-6)13-19(20)18-11-9-8-10-12-18/h8-16,22H,1-7H3. The first-order valence-corrected chi connectivity index (χ1v) is 9.24. The molecule has 0 saturated carbocycles. The minimum atomic E-state index is 0.283. The summed E-state index contributed by atoms with van der Waals surface area (Å²) < 4.78 is 11.2. The third kappa shape index (κ3) is 4.27. The Morgan fingerprint density at radius 2 is 1.54 bits per heavy atom. The molecule has 2 aromatic rings. The van der Waals surface area contributed by atoms with E-state index >= 15 is 0 Å². The van der Waals surface area contributed by atoms with E-state index in [4.69, 9.17) is 14.5 Å². The quantitative estimate of drug-likeness (QED) is 0.591. The van der Waals surface area contributed by atoms with E-state index < -0.39 is 0 Å². The summed E-state index contributed by atoms with van der Waals surface area (Å²) >= 11 is 0. The monoisotopic (exact) mass is 353 g/mol. The highest BCUT2D eigenvalue weighted by Gasteiger charge is 2.19. The summed E-state index contributed by atoms with van der Waals surface area (Å²) in [6.45, 7) is 11.0. The van der Waals surface area contributed by atoms with Crippen LogP contribution < -0.4 is 9.47 Å². The molecule has 0 amide bonds. The third-order valence-corrected chi connectivity index (χ3v) is 4.78. The largest absolute Gasteiger partial charge is 0.493 e. The number of methoxy groups -OCH3 is 2. The van der Waals surface area contributed by atoms with Crippen molar-refractivity contribution >= 4 is 6.21 Å². The molecule has 26 heavy (non-hydrogen) atoms. The molecule has 0 aliphatic carbocycles. The van der Waals surface area contributed by atoms with Gasteiger partial charge in [-0.2, -0.15) is 0 Å². The normalized spacial score (nSPS) is 11.8. The van der Waals surface area contributed by atoms with Crippen molar-refractivity contribution in [2.75, 3.05) is 14.2 Å². The minimum Gasteiger partial charge on any atom is -0.493 e. The summed E-state index contributed by atoms with van der Waals surface area (Å²) in [7, 11) is 3.35. The maximum atomic E-state index is 5.61. The Hall–Kier alpha value is -2.29. The van der Waals surface area contributed by atoms with Gasteiger partial charge < -0.3 is 9.47 Å². The van der Waals surface area contributed by atoms with Gasteiger partial charge in [-0.25, -0.2) is 0 Å². The van der Waals surface area contributed by atoms with Gasteiger partial charge in [-0.3, -0.25) is 4.99 Å². The van der Waals surface area contributed by atoms with Gasteiger partial charge in [0.1, 0.15) is 0 Å². The topological polar surface area (TPSA) is 30.8 Å². The first-order chi connectivity index (χ1) is 12.4. The molecule has 0 unspecified atom stereocenters. The first kappa shape index (κ1) is 20.0. The van der Waals surface area contributed by atoms with Crippen molar-refractivity contribution in [3.63, 3.8) is 0 Å². The smallest absolute Gasteiger partial charge is 0.164 e. The molecule has 0 heterocycles. The van der Waals surface area contributed by atoms with Gasteiger partial charge in [-0.15, -0.1) is 0 Å². The van der Waals surface area contributed by atoms with Crippen molar-refractivity contribution in [1.82, 2.24) is 0 Å². The van der Waals surface area contributed by atoms with E-state index in [0.29, 0.717) is 11.8 Å². The van der Waals surface area contributed by atoms with Gasteiger partial charge in [-0.1, -0.05) is 58.0 Å². The lowest BCUT2D eigenvalue weighted by Crippen LogP contribution is -2.20. The number of aliphatic imine (C=N–C) groups is 1. The Balaban J connectivity index is 2.65. The molecule has 2 rings (SSSR count). The highest BCUT2D eigenvalue weighted by atomic mass is 16.5. The Morgan fingerprint density at radius 3 is 2.04 bits per heavy atom. The summed E-state index contributed by atoms with van der Waals surface area (Å²) in [4.78, 5) is 4.95. The SMILES string of the molecule is COc1cc(-c2ccccc2)c(C=NC(C(C)C)C(C)C)c(C)c1OC. The molecule has 2 aromatic carbocycles. The fourth-order valence-electron chi connectivity index (χ4n) is 3.49. The van der Waals surface area contributed by atoms with E-state index in [1.807, 2.05) is 30.5 Å². The predicted octanol–water partition coefficient (Wildman–Crippen LogP) is 5.78. The Morgan fingerprint density at radius 1 is 0.923 bits per heavy atom. The van der Waals surface area contributed by atoms with E-state index in [-0.39, 0.29) is 6.04 Å². The van der Waals surface area contributed by atoms with Crippen LogP contribution in [0.3, 0.4) is 0 Å². The average molecular weight is 354 g/mol. The lowest BCUT2D eigenvalue weighted by molar-refractivity contribution is 0.353. The van der Waals surface area contributed by atoms with Gasteiger partial charge in [0.15, 0.2) is 11.5 Å². The van der Waals surface area contributed by atoms with E-state index in [1.54, 1.807) is 14.2 Å². The van der Waals surface area contributed by atoms with Gasteiger partial charge in [0.25, 0.3) is 0 Å². The van der Waals surface area contributed by atoms with Gasteiger partial charge in [0.2, 0.25) is 0 Å². The van der Waals surface area contributed by atoms with E-state index in [9.17, 15) is 0 Å². The van der Waals surface area contributed by atoms with Crippen molar-refractivity contribution in [2.45, 2.75) is 40.7 Å². The Bertz CT molecular complexity index is 741. The molecule has 0 bridgehead atoms. The summed E-state index contributed by atoms with van der Waals surface area (Å²) in [5.74, 6) is 2.49. The fourth-order valence-corrected chi connectivity index (χ4v) is 3.49.